The molecule has 0 bridgehead atoms. The third-order valence-corrected chi connectivity index (χ3v) is 4.12. The van der Waals surface area contributed by atoms with Gasteiger partial charge in [0.15, 0.2) is 0 Å². The SMILES string of the molecule is COC(C)CN1CC(c2ccccc2)NCC1(C)C. The molecule has 0 aliphatic carbocycles. The van der Waals surface area contributed by atoms with Crippen LogP contribution in [0.5, 0.6) is 0 Å². The molecule has 106 valence electrons. The lowest BCUT2D eigenvalue weighted by Crippen LogP contribution is -2.60. The predicted molar refractivity (Wildman–Crippen MR) is 79.3 cm³/mol. The highest BCUT2D eigenvalue weighted by molar-refractivity contribution is 5.20. The van der Waals surface area contributed by atoms with E-state index in [0.29, 0.717) is 6.04 Å². The van der Waals surface area contributed by atoms with E-state index in [0.717, 1.165) is 19.6 Å². The van der Waals surface area contributed by atoms with Gasteiger partial charge in [0, 0.05) is 38.3 Å². The summed E-state index contributed by atoms with van der Waals surface area (Å²) in [5, 5.41) is 3.66. The number of benzene rings is 1. The number of nitrogens with one attached hydrogen (secondary N) is 1. The standard InChI is InChI=1S/C16H26N2O/c1-13(19-4)10-18-11-15(17-12-16(18,2)3)14-8-6-5-7-9-14/h5-9,13,15,17H,10-12H2,1-4H3. The first kappa shape index (κ1) is 14.5. The fraction of sp³-hybridized carbons (Fsp3) is 0.625. The Kier molecular flexibility index (Phi) is 4.61. The Labute approximate surface area is 116 Å². The highest BCUT2D eigenvalue weighted by Gasteiger charge is 2.34. The first-order chi connectivity index (χ1) is 9.03. The largest absolute Gasteiger partial charge is 0.380 e. The highest BCUT2D eigenvalue weighted by Crippen LogP contribution is 2.26. The third-order valence-electron chi connectivity index (χ3n) is 4.12. The number of hydrogen-bond donors (Lipinski definition) is 1. The molecular formula is C16H26N2O. The molecule has 19 heavy (non-hydrogen) atoms. The highest BCUT2D eigenvalue weighted by atomic mass is 16.5. The molecule has 1 fully saturated rings. The van der Waals surface area contributed by atoms with Gasteiger partial charge in [-0.2, -0.15) is 0 Å². The van der Waals surface area contributed by atoms with Crippen molar-refractivity contribution in [2.24, 2.45) is 0 Å². The number of methoxy groups -OCH3 is 1. The van der Waals surface area contributed by atoms with Crippen LogP contribution in [0.4, 0.5) is 0 Å². The van der Waals surface area contributed by atoms with Gasteiger partial charge < -0.3 is 10.1 Å². The summed E-state index contributed by atoms with van der Waals surface area (Å²) in [6, 6.07) is 11.1. The zero-order chi connectivity index (χ0) is 13.9. The van der Waals surface area contributed by atoms with Crippen molar-refractivity contribution in [1.82, 2.24) is 10.2 Å². The van der Waals surface area contributed by atoms with Gasteiger partial charge in [0.2, 0.25) is 0 Å². The molecular weight excluding hydrogens is 236 g/mol. The van der Waals surface area contributed by atoms with Crippen LogP contribution >= 0.6 is 0 Å². The zero-order valence-electron chi connectivity index (χ0n) is 12.5. The molecule has 1 aromatic rings. The fourth-order valence-electron chi connectivity index (χ4n) is 2.63. The van der Waals surface area contributed by atoms with Crippen LogP contribution in [0.1, 0.15) is 32.4 Å². The van der Waals surface area contributed by atoms with Crippen LogP contribution in [0.25, 0.3) is 0 Å². The van der Waals surface area contributed by atoms with E-state index in [1.54, 1.807) is 7.11 Å². The minimum Gasteiger partial charge on any atom is -0.380 e. The van der Waals surface area contributed by atoms with E-state index in [4.69, 9.17) is 4.74 Å². The van der Waals surface area contributed by atoms with Crippen molar-refractivity contribution in [3.8, 4) is 0 Å². The first-order valence-electron chi connectivity index (χ1n) is 7.09. The quantitative estimate of drug-likeness (QED) is 0.902. The summed E-state index contributed by atoms with van der Waals surface area (Å²) in [7, 11) is 1.79. The summed E-state index contributed by atoms with van der Waals surface area (Å²) in [5.74, 6) is 0. The van der Waals surface area contributed by atoms with Crippen LogP contribution in [0.3, 0.4) is 0 Å². The van der Waals surface area contributed by atoms with E-state index in [1.807, 2.05) is 0 Å². The minimum atomic E-state index is 0.179. The molecule has 3 heteroatoms. The predicted octanol–water partition coefficient (Wildman–Crippen LogP) is 2.45. The summed E-state index contributed by atoms with van der Waals surface area (Å²) in [6.45, 7) is 9.74. The lowest BCUT2D eigenvalue weighted by atomic mass is 9.94. The Morgan fingerprint density at radius 1 is 1.37 bits per heavy atom. The van der Waals surface area contributed by atoms with Gasteiger partial charge in [0.05, 0.1) is 6.10 Å². The summed E-state index contributed by atoms with van der Waals surface area (Å²) < 4.78 is 5.43. The van der Waals surface area contributed by atoms with E-state index in [2.05, 4.69) is 61.3 Å². The molecule has 0 spiro atoms. The van der Waals surface area contributed by atoms with Gasteiger partial charge in [0.1, 0.15) is 0 Å². The van der Waals surface area contributed by atoms with Crippen molar-refractivity contribution in [2.75, 3.05) is 26.7 Å². The van der Waals surface area contributed by atoms with E-state index in [1.165, 1.54) is 5.56 Å². The number of ether oxygens (including phenoxy) is 1. The van der Waals surface area contributed by atoms with Crippen LogP contribution in [0.2, 0.25) is 0 Å². The molecule has 2 unspecified atom stereocenters. The fourth-order valence-corrected chi connectivity index (χ4v) is 2.63. The summed E-state index contributed by atoms with van der Waals surface area (Å²) in [4.78, 5) is 2.54. The number of nitrogens with zero attached hydrogens (tertiary/aromatic N) is 1. The van der Waals surface area contributed by atoms with E-state index in [9.17, 15) is 0 Å². The second-order valence-electron chi connectivity index (χ2n) is 6.11. The van der Waals surface area contributed by atoms with Crippen LogP contribution in [-0.2, 0) is 4.74 Å². The number of piperazine rings is 1. The Morgan fingerprint density at radius 3 is 2.68 bits per heavy atom. The summed E-state index contributed by atoms with van der Waals surface area (Å²) in [5.41, 5.74) is 1.55. The maximum Gasteiger partial charge on any atom is 0.0670 e. The second-order valence-corrected chi connectivity index (χ2v) is 6.11. The van der Waals surface area contributed by atoms with Gasteiger partial charge in [-0.3, -0.25) is 4.90 Å². The average molecular weight is 262 g/mol. The van der Waals surface area contributed by atoms with Crippen LogP contribution in [0, 0.1) is 0 Å². The summed E-state index contributed by atoms with van der Waals surface area (Å²) in [6.07, 6.45) is 0.272. The zero-order valence-corrected chi connectivity index (χ0v) is 12.5. The second kappa shape index (κ2) is 6.04. The van der Waals surface area contributed by atoms with Crippen LogP contribution in [-0.4, -0.2) is 43.3 Å². The molecule has 0 radical (unpaired) electrons. The van der Waals surface area contributed by atoms with Gasteiger partial charge in [-0.25, -0.2) is 0 Å². The van der Waals surface area contributed by atoms with Crippen molar-refractivity contribution in [3.05, 3.63) is 35.9 Å². The van der Waals surface area contributed by atoms with Crippen LogP contribution < -0.4 is 5.32 Å². The molecule has 0 saturated carbocycles. The average Bonchev–Trinajstić information content (AvgIpc) is 2.42. The molecule has 3 nitrogen and oxygen atoms in total. The smallest absolute Gasteiger partial charge is 0.0670 e. The maximum absolute atomic E-state index is 5.43. The Morgan fingerprint density at radius 2 is 2.05 bits per heavy atom. The molecule has 1 saturated heterocycles. The third kappa shape index (κ3) is 3.56. The Balaban J connectivity index is 2.08. The molecule has 0 amide bonds. The molecule has 1 aliphatic heterocycles. The van der Waals surface area contributed by atoms with Gasteiger partial charge in [-0.15, -0.1) is 0 Å². The monoisotopic (exact) mass is 262 g/mol. The molecule has 2 rings (SSSR count). The topological polar surface area (TPSA) is 24.5 Å². The van der Waals surface area contributed by atoms with Crippen LogP contribution in [0.15, 0.2) is 30.3 Å². The molecule has 0 aromatic heterocycles. The lowest BCUT2D eigenvalue weighted by molar-refractivity contribution is 0.00831. The normalized spacial score (nSPS) is 25.2. The van der Waals surface area contributed by atoms with E-state index < -0.39 is 0 Å². The van der Waals surface area contributed by atoms with Crippen molar-refractivity contribution in [1.29, 1.82) is 0 Å². The lowest BCUT2D eigenvalue weighted by Gasteiger charge is -2.47. The molecule has 1 heterocycles. The minimum absolute atomic E-state index is 0.179. The van der Waals surface area contributed by atoms with Crippen molar-refractivity contribution in [3.63, 3.8) is 0 Å². The maximum atomic E-state index is 5.43. The summed E-state index contributed by atoms with van der Waals surface area (Å²) >= 11 is 0. The Bertz CT molecular complexity index is 391. The van der Waals surface area contributed by atoms with Crippen molar-refractivity contribution < 1.29 is 4.74 Å². The van der Waals surface area contributed by atoms with Crippen molar-refractivity contribution in [2.45, 2.75) is 38.5 Å². The molecule has 2 atom stereocenters. The Hall–Kier alpha value is -0.900. The van der Waals surface area contributed by atoms with Gasteiger partial charge in [-0.1, -0.05) is 30.3 Å². The van der Waals surface area contributed by atoms with E-state index in [-0.39, 0.29) is 11.6 Å². The van der Waals surface area contributed by atoms with Gasteiger partial charge in [-0.05, 0) is 26.3 Å². The number of rotatable bonds is 4. The molecule has 1 aliphatic rings. The van der Waals surface area contributed by atoms with Gasteiger partial charge >= 0.3 is 0 Å². The molecule has 1 N–H and O–H groups in total. The van der Waals surface area contributed by atoms with Crippen molar-refractivity contribution >= 4 is 0 Å². The number of hydrogen-bond acceptors (Lipinski definition) is 3. The van der Waals surface area contributed by atoms with Gasteiger partial charge in [0.25, 0.3) is 0 Å². The first-order valence-corrected chi connectivity index (χ1v) is 7.09. The van der Waals surface area contributed by atoms with E-state index >= 15 is 0 Å². The molecule has 1 aromatic carbocycles.